The van der Waals surface area contributed by atoms with Gasteiger partial charge in [0, 0.05) is 0 Å². The van der Waals surface area contributed by atoms with Crippen LogP contribution in [0.15, 0.2) is 0 Å². The molecule has 2 fully saturated rings. The van der Waals surface area contributed by atoms with Gasteiger partial charge in [0.05, 0.1) is 0 Å². The van der Waals surface area contributed by atoms with Gasteiger partial charge in [0.2, 0.25) is 5.91 Å². The Morgan fingerprint density at radius 1 is 1.27 bits per heavy atom. The highest BCUT2D eigenvalue weighted by atomic mass is 16.6. The topological polar surface area (TPSA) is 81.4 Å². The first kappa shape index (κ1) is 10.3. The third kappa shape index (κ3) is 1.91. The summed E-state index contributed by atoms with van der Waals surface area (Å²) < 4.78 is 5.11. The van der Waals surface area contributed by atoms with Crippen LogP contribution in [-0.4, -0.2) is 23.6 Å². The van der Waals surface area contributed by atoms with Crippen molar-refractivity contribution >= 4 is 12.0 Å². The maximum absolute atomic E-state index is 11.4. The lowest BCUT2D eigenvalue weighted by molar-refractivity contribution is -0.127. The molecule has 0 unspecified atom stereocenters. The smallest absolute Gasteiger partial charge is 0.408 e. The second kappa shape index (κ2) is 3.72. The highest BCUT2D eigenvalue weighted by molar-refractivity contribution is 5.89. The molecule has 3 N–H and O–H groups in total. The Labute approximate surface area is 88.3 Å². The van der Waals surface area contributed by atoms with E-state index in [1.807, 2.05) is 0 Å². The molecule has 0 aliphatic heterocycles. The van der Waals surface area contributed by atoms with Gasteiger partial charge in [-0.3, -0.25) is 4.79 Å². The fourth-order valence-electron chi connectivity index (χ4n) is 1.83. The summed E-state index contributed by atoms with van der Waals surface area (Å²) in [6.45, 7) is 0. The van der Waals surface area contributed by atoms with Crippen LogP contribution in [0.25, 0.3) is 0 Å². The zero-order chi connectivity index (χ0) is 10.9. The lowest BCUT2D eigenvalue weighted by Crippen LogP contribution is -2.62. The molecule has 2 aliphatic carbocycles. The molecule has 0 saturated heterocycles. The van der Waals surface area contributed by atoms with E-state index in [0.29, 0.717) is 12.8 Å². The number of ether oxygens (including phenoxy) is 1. The highest BCUT2D eigenvalue weighted by Crippen LogP contribution is 2.32. The van der Waals surface area contributed by atoms with Crippen molar-refractivity contribution in [3.8, 4) is 0 Å². The number of rotatable bonds is 3. The van der Waals surface area contributed by atoms with E-state index in [0.717, 1.165) is 25.7 Å². The van der Waals surface area contributed by atoms with Crippen molar-refractivity contribution < 1.29 is 14.3 Å². The zero-order valence-electron chi connectivity index (χ0n) is 8.62. The summed E-state index contributed by atoms with van der Waals surface area (Å²) in [6, 6.07) is 0. The molecule has 2 rings (SSSR count). The summed E-state index contributed by atoms with van der Waals surface area (Å²) in [6.07, 6.45) is 4.68. The monoisotopic (exact) mass is 212 g/mol. The standard InChI is InChI=1S/C10H16N2O3/c11-8(13)10(5-2-6-10)12-9(14)15-7-3-1-4-7/h7H,1-6H2,(H2,11,13)(H,12,14). The van der Waals surface area contributed by atoms with Crippen LogP contribution < -0.4 is 11.1 Å². The quantitative estimate of drug-likeness (QED) is 0.721. The summed E-state index contributed by atoms with van der Waals surface area (Å²) in [7, 11) is 0. The van der Waals surface area contributed by atoms with Crippen molar-refractivity contribution in [1.29, 1.82) is 0 Å². The highest BCUT2D eigenvalue weighted by Gasteiger charge is 2.44. The Morgan fingerprint density at radius 3 is 2.27 bits per heavy atom. The third-order valence-electron chi connectivity index (χ3n) is 3.35. The number of hydrogen-bond donors (Lipinski definition) is 2. The molecule has 2 amide bonds. The minimum absolute atomic E-state index is 0.0370. The number of carbonyl (C=O) groups excluding carboxylic acids is 2. The Kier molecular flexibility index (Phi) is 2.54. The van der Waals surface area contributed by atoms with E-state index < -0.39 is 17.5 Å². The summed E-state index contributed by atoms with van der Waals surface area (Å²) in [5.41, 5.74) is 4.42. The first-order chi connectivity index (χ1) is 7.12. The van der Waals surface area contributed by atoms with Crippen LogP contribution in [0.3, 0.4) is 0 Å². The third-order valence-corrected chi connectivity index (χ3v) is 3.35. The van der Waals surface area contributed by atoms with E-state index in [-0.39, 0.29) is 6.10 Å². The Bertz CT molecular complexity index is 282. The van der Waals surface area contributed by atoms with Gasteiger partial charge in [-0.05, 0) is 38.5 Å². The summed E-state index contributed by atoms with van der Waals surface area (Å²) in [4.78, 5) is 22.6. The molecule has 0 aromatic heterocycles. The van der Waals surface area contributed by atoms with Crippen LogP contribution in [0.2, 0.25) is 0 Å². The van der Waals surface area contributed by atoms with Gasteiger partial charge in [-0.15, -0.1) is 0 Å². The van der Waals surface area contributed by atoms with Crippen LogP contribution in [0, 0.1) is 0 Å². The molecule has 0 heterocycles. The lowest BCUT2D eigenvalue weighted by Gasteiger charge is -2.39. The predicted molar refractivity (Wildman–Crippen MR) is 53.0 cm³/mol. The number of carbonyl (C=O) groups is 2. The number of primary amides is 1. The van der Waals surface area contributed by atoms with E-state index in [4.69, 9.17) is 10.5 Å². The van der Waals surface area contributed by atoms with Crippen molar-refractivity contribution in [3.05, 3.63) is 0 Å². The molecule has 5 nitrogen and oxygen atoms in total. The second-order valence-corrected chi connectivity index (χ2v) is 4.38. The molecule has 0 bridgehead atoms. The molecule has 5 heteroatoms. The molecule has 84 valence electrons. The van der Waals surface area contributed by atoms with Crippen molar-refractivity contribution in [2.75, 3.05) is 0 Å². The van der Waals surface area contributed by atoms with Gasteiger partial charge in [0.25, 0.3) is 0 Å². The summed E-state index contributed by atoms with van der Waals surface area (Å²) >= 11 is 0. The van der Waals surface area contributed by atoms with Crippen LogP contribution in [0.4, 0.5) is 4.79 Å². The predicted octanol–water partition coefficient (Wildman–Crippen LogP) is 0.673. The van der Waals surface area contributed by atoms with Crippen LogP contribution >= 0.6 is 0 Å². The molecule has 15 heavy (non-hydrogen) atoms. The molecule has 2 aliphatic rings. The molecular formula is C10H16N2O3. The van der Waals surface area contributed by atoms with E-state index >= 15 is 0 Å². The van der Waals surface area contributed by atoms with Crippen LogP contribution in [0.1, 0.15) is 38.5 Å². The Balaban J connectivity index is 1.83. The maximum atomic E-state index is 11.4. The van der Waals surface area contributed by atoms with Crippen molar-refractivity contribution in [2.24, 2.45) is 5.73 Å². The first-order valence-electron chi connectivity index (χ1n) is 5.41. The van der Waals surface area contributed by atoms with Gasteiger partial charge in [0.15, 0.2) is 0 Å². The zero-order valence-corrected chi connectivity index (χ0v) is 8.62. The van der Waals surface area contributed by atoms with Crippen molar-refractivity contribution in [1.82, 2.24) is 5.32 Å². The molecule has 0 spiro atoms. The largest absolute Gasteiger partial charge is 0.446 e. The lowest BCUT2D eigenvalue weighted by atomic mass is 9.76. The maximum Gasteiger partial charge on any atom is 0.408 e. The number of nitrogens with two attached hydrogens (primary N) is 1. The molecular weight excluding hydrogens is 196 g/mol. The van der Waals surface area contributed by atoms with Gasteiger partial charge in [-0.25, -0.2) is 4.79 Å². The fourth-order valence-corrected chi connectivity index (χ4v) is 1.83. The van der Waals surface area contributed by atoms with Crippen molar-refractivity contribution in [3.63, 3.8) is 0 Å². The molecule has 0 aromatic rings. The van der Waals surface area contributed by atoms with Gasteiger partial charge >= 0.3 is 6.09 Å². The van der Waals surface area contributed by atoms with Gasteiger partial charge in [-0.1, -0.05) is 0 Å². The van der Waals surface area contributed by atoms with Gasteiger partial charge in [0.1, 0.15) is 11.6 Å². The van der Waals surface area contributed by atoms with E-state index in [9.17, 15) is 9.59 Å². The van der Waals surface area contributed by atoms with E-state index in [1.54, 1.807) is 0 Å². The summed E-state index contributed by atoms with van der Waals surface area (Å²) in [5.74, 6) is -0.459. The van der Waals surface area contributed by atoms with Crippen LogP contribution in [-0.2, 0) is 9.53 Å². The Hall–Kier alpha value is -1.26. The Morgan fingerprint density at radius 2 is 1.93 bits per heavy atom. The average molecular weight is 212 g/mol. The summed E-state index contributed by atoms with van der Waals surface area (Å²) in [5, 5.41) is 2.59. The number of hydrogen-bond acceptors (Lipinski definition) is 3. The van der Waals surface area contributed by atoms with Gasteiger partial charge < -0.3 is 15.8 Å². The van der Waals surface area contributed by atoms with E-state index in [1.165, 1.54) is 0 Å². The molecule has 2 saturated carbocycles. The molecule has 0 atom stereocenters. The molecule has 0 aromatic carbocycles. The van der Waals surface area contributed by atoms with Crippen molar-refractivity contribution in [2.45, 2.75) is 50.2 Å². The normalized spacial score (nSPS) is 23.5. The van der Waals surface area contributed by atoms with E-state index in [2.05, 4.69) is 5.32 Å². The molecule has 0 radical (unpaired) electrons. The number of nitrogens with one attached hydrogen (secondary N) is 1. The van der Waals surface area contributed by atoms with Crippen LogP contribution in [0.5, 0.6) is 0 Å². The van der Waals surface area contributed by atoms with Gasteiger partial charge in [-0.2, -0.15) is 0 Å². The number of amides is 2. The SMILES string of the molecule is NC(=O)C1(NC(=O)OC2CCC2)CCC1. The number of alkyl carbamates (subject to hydrolysis) is 1. The minimum atomic E-state index is -0.833. The second-order valence-electron chi connectivity index (χ2n) is 4.38. The first-order valence-corrected chi connectivity index (χ1v) is 5.41. The minimum Gasteiger partial charge on any atom is -0.446 e. The average Bonchev–Trinajstić information content (AvgIpc) is 2.03. The fraction of sp³-hybridized carbons (Fsp3) is 0.800.